The molecular formula is C12H11ClN2O3S. The second-order valence-electron chi connectivity index (χ2n) is 3.96. The van der Waals surface area contributed by atoms with Crippen molar-refractivity contribution >= 4 is 40.2 Å². The molecule has 1 atom stereocenters. The number of carboxylic acids is 1. The molecule has 2 rings (SSSR count). The van der Waals surface area contributed by atoms with Crippen LogP contribution in [0, 0.1) is 0 Å². The van der Waals surface area contributed by atoms with Crippen LogP contribution in [0.3, 0.4) is 0 Å². The molecule has 5 nitrogen and oxygen atoms in total. The number of nitrogens with zero attached hydrogens (tertiary/aromatic N) is 1. The van der Waals surface area contributed by atoms with Crippen molar-refractivity contribution in [1.82, 2.24) is 9.97 Å². The Morgan fingerprint density at radius 1 is 1.58 bits per heavy atom. The summed E-state index contributed by atoms with van der Waals surface area (Å²) in [6.45, 7) is 1.79. The largest absolute Gasteiger partial charge is 0.481 e. The number of aromatic nitrogens is 2. The summed E-state index contributed by atoms with van der Waals surface area (Å²) in [5, 5.41) is 9.39. The normalized spacial score (nSPS) is 12.5. The highest BCUT2D eigenvalue weighted by molar-refractivity contribution is 8.00. The van der Waals surface area contributed by atoms with Crippen LogP contribution in [0.5, 0.6) is 0 Å². The first kappa shape index (κ1) is 13.9. The van der Waals surface area contributed by atoms with Crippen molar-refractivity contribution in [3.05, 3.63) is 39.4 Å². The summed E-state index contributed by atoms with van der Waals surface area (Å²) in [5.41, 5.74) is 0.258. The standard InChI is InChI=1S/C12H11ClN2O3S/c1-6(19-5-10(16)17)11-14-9-4-7(13)2-3-8(9)12(18)15-11/h2-4,6H,5H2,1H3,(H,16,17)(H,14,15,18)/t6-/m1/s1. The average molecular weight is 299 g/mol. The Morgan fingerprint density at radius 2 is 2.32 bits per heavy atom. The van der Waals surface area contributed by atoms with Gasteiger partial charge in [-0.15, -0.1) is 11.8 Å². The molecule has 0 aliphatic heterocycles. The maximum atomic E-state index is 11.9. The maximum absolute atomic E-state index is 11.9. The van der Waals surface area contributed by atoms with E-state index in [2.05, 4.69) is 9.97 Å². The lowest BCUT2D eigenvalue weighted by Gasteiger charge is -2.09. The molecule has 2 N–H and O–H groups in total. The summed E-state index contributed by atoms with van der Waals surface area (Å²) >= 11 is 7.06. The zero-order valence-corrected chi connectivity index (χ0v) is 11.6. The van der Waals surface area contributed by atoms with Gasteiger partial charge in [-0.3, -0.25) is 9.59 Å². The number of thioether (sulfide) groups is 1. The molecule has 1 aromatic carbocycles. The van der Waals surface area contributed by atoms with Gasteiger partial charge in [-0.1, -0.05) is 11.6 Å². The number of nitrogens with one attached hydrogen (secondary N) is 1. The Balaban J connectivity index is 2.39. The fourth-order valence-corrected chi connectivity index (χ4v) is 2.43. The van der Waals surface area contributed by atoms with Crippen LogP contribution in [0.15, 0.2) is 23.0 Å². The van der Waals surface area contributed by atoms with Crippen LogP contribution in [0.25, 0.3) is 10.9 Å². The third-order valence-electron chi connectivity index (χ3n) is 2.53. The van der Waals surface area contributed by atoms with Gasteiger partial charge in [0.2, 0.25) is 0 Å². The van der Waals surface area contributed by atoms with Gasteiger partial charge in [-0.25, -0.2) is 4.98 Å². The van der Waals surface area contributed by atoms with Gasteiger partial charge in [0, 0.05) is 5.02 Å². The predicted molar refractivity (Wildman–Crippen MR) is 75.9 cm³/mol. The minimum atomic E-state index is -0.900. The van der Waals surface area contributed by atoms with Gasteiger partial charge in [0.1, 0.15) is 5.82 Å². The quantitative estimate of drug-likeness (QED) is 0.906. The van der Waals surface area contributed by atoms with E-state index in [0.717, 1.165) is 0 Å². The van der Waals surface area contributed by atoms with E-state index >= 15 is 0 Å². The van der Waals surface area contributed by atoms with Gasteiger partial charge in [-0.2, -0.15) is 0 Å². The van der Waals surface area contributed by atoms with E-state index in [0.29, 0.717) is 21.7 Å². The molecule has 0 unspecified atom stereocenters. The highest BCUT2D eigenvalue weighted by Gasteiger charge is 2.13. The molecule has 7 heteroatoms. The van der Waals surface area contributed by atoms with Crippen LogP contribution in [0.1, 0.15) is 18.0 Å². The van der Waals surface area contributed by atoms with Gasteiger partial charge < -0.3 is 10.1 Å². The molecule has 0 bridgehead atoms. The zero-order chi connectivity index (χ0) is 14.0. The molecule has 0 saturated heterocycles. The fourth-order valence-electron chi connectivity index (χ4n) is 1.60. The monoisotopic (exact) mass is 298 g/mol. The first-order valence-corrected chi connectivity index (χ1v) is 6.93. The number of benzene rings is 1. The fraction of sp³-hybridized carbons (Fsp3) is 0.250. The van der Waals surface area contributed by atoms with Crippen molar-refractivity contribution in [2.75, 3.05) is 5.75 Å². The Kier molecular flexibility index (Phi) is 4.11. The smallest absolute Gasteiger partial charge is 0.313 e. The van der Waals surface area contributed by atoms with Crippen LogP contribution in [-0.2, 0) is 4.79 Å². The third-order valence-corrected chi connectivity index (χ3v) is 3.90. The van der Waals surface area contributed by atoms with Gasteiger partial charge in [0.15, 0.2) is 0 Å². The van der Waals surface area contributed by atoms with E-state index in [-0.39, 0.29) is 16.6 Å². The Morgan fingerprint density at radius 3 is 3.00 bits per heavy atom. The van der Waals surface area contributed by atoms with E-state index in [1.165, 1.54) is 11.8 Å². The number of H-pyrrole nitrogens is 1. The van der Waals surface area contributed by atoms with Crippen LogP contribution >= 0.6 is 23.4 Å². The lowest BCUT2D eigenvalue weighted by atomic mass is 10.2. The number of aromatic amines is 1. The molecule has 0 fully saturated rings. The van der Waals surface area contributed by atoms with E-state index in [1.54, 1.807) is 25.1 Å². The molecule has 2 aromatic rings. The van der Waals surface area contributed by atoms with E-state index in [9.17, 15) is 9.59 Å². The summed E-state index contributed by atoms with van der Waals surface area (Å²) in [6.07, 6.45) is 0. The number of hydrogen-bond acceptors (Lipinski definition) is 4. The first-order valence-electron chi connectivity index (χ1n) is 5.50. The second-order valence-corrected chi connectivity index (χ2v) is 5.73. The summed E-state index contributed by atoms with van der Waals surface area (Å²) in [5.74, 6) is -0.493. The molecule has 0 spiro atoms. The Hall–Kier alpha value is -1.53. The van der Waals surface area contributed by atoms with E-state index < -0.39 is 5.97 Å². The molecule has 0 aliphatic rings. The summed E-state index contributed by atoms with van der Waals surface area (Å²) in [4.78, 5) is 29.4. The molecule has 1 aromatic heterocycles. The highest BCUT2D eigenvalue weighted by atomic mass is 35.5. The van der Waals surface area contributed by atoms with Gasteiger partial charge in [-0.05, 0) is 25.1 Å². The lowest BCUT2D eigenvalue weighted by Crippen LogP contribution is -2.13. The number of fused-ring (bicyclic) bond motifs is 1. The topological polar surface area (TPSA) is 83.0 Å². The van der Waals surface area contributed by atoms with Crippen molar-refractivity contribution in [3.8, 4) is 0 Å². The molecule has 100 valence electrons. The van der Waals surface area contributed by atoms with E-state index in [4.69, 9.17) is 16.7 Å². The molecular weight excluding hydrogens is 288 g/mol. The summed E-state index contributed by atoms with van der Waals surface area (Å²) in [6, 6.07) is 4.86. The number of carboxylic acid groups (broad SMARTS) is 1. The summed E-state index contributed by atoms with van der Waals surface area (Å²) in [7, 11) is 0. The maximum Gasteiger partial charge on any atom is 0.313 e. The Bertz CT molecular complexity index is 686. The van der Waals surface area contributed by atoms with Crippen molar-refractivity contribution in [2.24, 2.45) is 0 Å². The third kappa shape index (κ3) is 3.27. The number of carbonyl (C=O) groups is 1. The lowest BCUT2D eigenvalue weighted by molar-refractivity contribution is -0.133. The van der Waals surface area contributed by atoms with Crippen LogP contribution in [0.2, 0.25) is 5.02 Å². The minimum absolute atomic E-state index is 0.0432. The van der Waals surface area contributed by atoms with Crippen LogP contribution in [0.4, 0.5) is 0 Å². The molecule has 0 amide bonds. The second kappa shape index (κ2) is 5.63. The van der Waals surface area contributed by atoms with Gasteiger partial charge in [0.25, 0.3) is 5.56 Å². The molecule has 0 radical (unpaired) electrons. The average Bonchev–Trinajstić information content (AvgIpc) is 2.35. The predicted octanol–water partition coefficient (Wildman–Crippen LogP) is 2.46. The molecule has 19 heavy (non-hydrogen) atoms. The zero-order valence-electron chi connectivity index (χ0n) is 10.0. The number of hydrogen-bond donors (Lipinski definition) is 2. The van der Waals surface area contributed by atoms with Crippen molar-refractivity contribution in [3.63, 3.8) is 0 Å². The van der Waals surface area contributed by atoms with E-state index in [1.807, 2.05) is 0 Å². The number of halogens is 1. The van der Waals surface area contributed by atoms with Gasteiger partial charge >= 0.3 is 5.97 Å². The van der Waals surface area contributed by atoms with Crippen molar-refractivity contribution in [1.29, 1.82) is 0 Å². The molecule has 1 heterocycles. The van der Waals surface area contributed by atoms with Gasteiger partial charge in [0.05, 0.1) is 21.9 Å². The van der Waals surface area contributed by atoms with Crippen LogP contribution < -0.4 is 5.56 Å². The first-order chi connectivity index (χ1) is 8.97. The minimum Gasteiger partial charge on any atom is -0.481 e. The SMILES string of the molecule is C[C@@H](SCC(=O)O)c1nc2cc(Cl)ccc2c(=O)[nH]1. The van der Waals surface area contributed by atoms with Crippen molar-refractivity contribution in [2.45, 2.75) is 12.2 Å². The highest BCUT2D eigenvalue weighted by Crippen LogP contribution is 2.25. The number of rotatable bonds is 4. The molecule has 0 aliphatic carbocycles. The van der Waals surface area contributed by atoms with Crippen LogP contribution in [-0.4, -0.2) is 26.8 Å². The number of aliphatic carboxylic acids is 1. The Labute approximate surface area is 118 Å². The molecule has 0 saturated carbocycles. The summed E-state index contributed by atoms with van der Waals surface area (Å²) < 4.78 is 0. The van der Waals surface area contributed by atoms with Crippen molar-refractivity contribution < 1.29 is 9.90 Å².